The summed E-state index contributed by atoms with van der Waals surface area (Å²) in [6, 6.07) is 7.57. The van der Waals surface area contributed by atoms with Crippen molar-refractivity contribution in [2.75, 3.05) is 18.4 Å². The first-order valence-electron chi connectivity index (χ1n) is 7.75. The van der Waals surface area contributed by atoms with E-state index in [0.717, 1.165) is 22.5 Å². The van der Waals surface area contributed by atoms with Gasteiger partial charge in [-0.1, -0.05) is 17.7 Å². The third kappa shape index (κ3) is 4.02. The quantitative estimate of drug-likeness (QED) is 0.872. The Morgan fingerprint density at radius 2 is 1.91 bits per heavy atom. The van der Waals surface area contributed by atoms with Gasteiger partial charge in [-0.2, -0.15) is 0 Å². The van der Waals surface area contributed by atoms with Crippen LogP contribution >= 0.6 is 11.6 Å². The van der Waals surface area contributed by atoms with Gasteiger partial charge < -0.3 is 10.2 Å². The smallest absolute Gasteiger partial charge is 0.272 e. The van der Waals surface area contributed by atoms with E-state index in [1.54, 1.807) is 17.2 Å². The predicted octanol–water partition coefficient (Wildman–Crippen LogP) is 4.58. The van der Waals surface area contributed by atoms with Gasteiger partial charge in [0, 0.05) is 25.0 Å². The van der Waals surface area contributed by atoms with Crippen LogP contribution < -0.4 is 5.32 Å². The molecule has 0 aliphatic carbocycles. The molecule has 0 atom stereocenters. The number of carbonyl (C=O) groups is 1. The number of rotatable bonds is 5. The molecule has 0 aliphatic heterocycles. The third-order valence-corrected chi connectivity index (χ3v) is 4.03. The minimum Gasteiger partial charge on any atom is -0.354 e. The Hall–Kier alpha value is -2.07. The largest absolute Gasteiger partial charge is 0.354 e. The summed E-state index contributed by atoms with van der Waals surface area (Å²) in [4.78, 5) is 18.3. The molecule has 1 aromatic carbocycles. The Morgan fingerprint density at radius 3 is 2.52 bits per heavy atom. The van der Waals surface area contributed by atoms with Crippen molar-refractivity contribution in [3.8, 4) is 0 Å². The molecule has 0 radical (unpaired) electrons. The Morgan fingerprint density at radius 1 is 1.22 bits per heavy atom. The van der Waals surface area contributed by atoms with Gasteiger partial charge in [0.1, 0.15) is 5.69 Å². The number of pyridine rings is 1. The van der Waals surface area contributed by atoms with Gasteiger partial charge in [-0.15, -0.1) is 0 Å². The SMILES string of the molecule is CCN(CC)C(=O)c1cc(Nc2c(C)cc(C)cc2Cl)ccn1. The van der Waals surface area contributed by atoms with Crippen molar-refractivity contribution in [3.05, 3.63) is 52.3 Å². The lowest BCUT2D eigenvalue weighted by atomic mass is 10.1. The number of nitrogens with zero attached hydrogens (tertiary/aromatic N) is 2. The van der Waals surface area contributed by atoms with E-state index in [9.17, 15) is 4.79 Å². The number of nitrogens with one attached hydrogen (secondary N) is 1. The van der Waals surface area contributed by atoms with Crippen molar-refractivity contribution < 1.29 is 4.79 Å². The lowest BCUT2D eigenvalue weighted by Crippen LogP contribution is -2.31. The molecule has 1 aromatic heterocycles. The summed E-state index contributed by atoms with van der Waals surface area (Å²) in [5.41, 5.74) is 4.25. The summed E-state index contributed by atoms with van der Waals surface area (Å²) in [7, 11) is 0. The van der Waals surface area contributed by atoms with Crippen LogP contribution in [0.3, 0.4) is 0 Å². The van der Waals surface area contributed by atoms with E-state index in [2.05, 4.69) is 16.4 Å². The topological polar surface area (TPSA) is 45.2 Å². The minimum absolute atomic E-state index is 0.0645. The van der Waals surface area contributed by atoms with Crippen LogP contribution in [0.2, 0.25) is 5.02 Å². The van der Waals surface area contributed by atoms with Crippen molar-refractivity contribution >= 4 is 28.9 Å². The first-order chi connectivity index (χ1) is 11.0. The number of hydrogen-bond donors (Lipinski definition) is 1. The number of carbonyl (C=O) groups excluding carboxylic acids is 1. The van der Waals surface area contributed by atoms with E-state index in [4.69, 9.17) is 11.6 Å². The zero-order valence-corrected chi connectivity index (χ0v) is 14.7. The van der Waals surface area contributed by atoms with E-state index in [1.807, 2.05) is 39.8 Å². The second kappa shape index (κ2) is 7.47. The molecule has 1 N–H and O–H groups in total. The molecule has 4 nitrogen and oxygen atoms in total. The van der Waals surface area contributed by atoms with Crippen LogP contribution in [-0.2, 0) is 0 Å². The minimum atomic E-state index is -0.0645. The number of hydrogen-bond acceptors (Lipinski definition) is 3. The summed E-state index contributed by atoms with van der Waals surface area (Å²) in [6.07, 6.45) is 1.64. The van der Waals surface area contributed by atoms with Crippen LogP contribution in [-0.4, -0.2) is 28.9 Å². The summed E-state index contributed by atoms with van der Waals surface area (Å²) >= 11 is 6.33. The maximum atomic E-state index is 12.4. The number of anilines is 2. The highest BCUT2D eigenvalue weighted by molar-refractivity contribution is 6.33. The van der Waals surface area contributed by atoms with E-state index in [0.29, 0.717) is 23.8 Å². The number of amides is 1. The molecular weight excluding hydrogens is 310 g/mol. The molecule has 122 valence electrons. The molecule has 0 bridgehead atoms. The molecule has 0 saturated carbocycles. The maximum absolute atomic E-state index is 12.4. The van der Waals surface area contributed by atoms with Crippen molar-refractivity contribution in [2.45, 2.75) is 27.7 Å². The average molecular weight is 332 g/mol. The van der Waals surface area contributed by atoms with E-state index in [-0.39, 0.29) is 5.91 Å². The monoisotopic (exact) mass is 331 g/mol. The average Bonchev–Trinajstić information content (AvgIpc) is 2.52. The number of benzene rings is 1. The molecule has 0 spiro atoms. The van der Waals surface area contributed by atoms with Gasteiger partial charge in [0.25, 0.3) is 5.91 Å². The fourth-order valence-corrected chi connectivity index (χ4v) is 2.88. The van der Waals surface area contributed by atoms with Crippen LogP contribution in [0.5, 0.6) is 0 Å². The van der Waals surface area contributed by atoms with Crippen LogP contribution in [0.15, 0.2) is 30.5 Å². The number of halogens is 1. The van der Waals surface area contributed by atoms with E-state index >= 15 is 0 Å². The van der Waals surface area contributed by atoms with Gasteiger partial charge in [-0.05, 0) is 57.0 Å². The van der Waals surface area contributed by atoms with Crippen molar-refractivity contribution in [2.24, 2.45) is 0 Å². The molecule has 0 aliphatic rings. The number of aromatic nitrogens is 1. The molecule has 2 rings (SSSR count). The first kappa shape index (κ1) is 17.3. The van der Waals surface area contributed by atoms with Crippen molar-refractivity contribution in [3.63, 3.8) is 0 Å². The summed E-state index contributed by atoms with van der Waals surface area (Å²) in [5, 5.41) is 3.96. The fraction of sp³-hybridized carbons (Fsp3) is 0.333. The van der Waals surface area contributed by atoms with Crippen molar-refractivity contribution in [1.82, 2.24) is 9.88 Å². The van der Waals surface area contributed by atoms with Crippen LogP contribution in [0.25, 0.3) is 0 Å². The second-order valence-electron chi connectivity index (χ2n) is 5.47. The molecule has 0 unspecified atom stereocenters. The van der Waals surface area contributed by atoms with Gasteiger partial charge >= 0.3 is 0 Å². The molecule has 0 fully saturated rings. The van der Waals surface area contributed by atoms with E-state index in [1.165, 1.54) is 0 Å². The highest BCUT2D eigenvalue weighted by atomic mass is 35.5. The molecule has 23 heavy (non-hydrogen) atoms. The van der Waals surface area contributed by atoms with E-state index < -0.39 is 0 Å². The maximum Gasteiger partial charge on any atom is 0.272 e. The molecule has 5 heteroatoms. The van der Waals surface area contributed by atoms with Gasteiger partial charge in [0.15, 0.2) is 0 Å². The lowest BCUT2D eigenvalue weighted by Gasteiger charge is -2.18. The third-order valence-electron chi connectivity index (χ3n) is 3.73. The Bertz CT molecular complexity index is 688. The van der Waals surface area contributed by atoms with Gasteiger partial charge in [-0.25, -0.2) is 0 Å². The Kier molecular flexibility index (Phi) is 5.61. The van der Waals surface area contributed by atoms with Gasteiger partial charge in [0.05, 0.1) is 10.7 Å². The molecule has 1 amide bonds. The zero-order chi connectivity index (χ0) is 17.0. The Balaban J connectivity index is 2.29. The predicted molar refractivity (Wildman–Crippen MR) is 95.7 cm³/mol. The summed E-state index contributed by atoms with van der Waals surface area (Å²) < 4.78 is 0. The Labute approximate surface area is 142 Å². The molecule has 2 aromatic rings. The van der Waals surface area contributed by atoms with Crippen molar-refractivity contribution in [1.29, 1.82) is 0 Å². The van der Waals surface area contributed by atoms with Crippen LogP contribution in [0.4, 0.5) is 11.4 Å². The van der Waals surface area contributed by atoms with Gasteiger partial charge in [0.2, 0.25) is 0 Å². The highest BCUT2D eigenvalue weighted by Crippen LogP contribution is 2.30. The lowest BCUT2D eigenvalue weighted by molar-refractivity contribution is 0.0767. The zero-order valence-electron chi connectivity index (χ0n) is 14.0. The molecular formula is C18H22ClN3O. The fourth-order valence-electron chi connectivity index (χ4n) is 2.52. The summed E-state index contributed by atoms with van der Waals surface area (Å²) in [6.45, 7) is 9.26. The molecule has 0 saturated heterocycles. The van der Waals surface area contributed by atoms with Crippen LogP contribution in [0.1, 0.15) is 35.5 Å². The molecule has 1 heterocycles. The second-order valence-corrected chi connectivity index (χ2v) is 5.88. The standard InChI is InChI=1S/C18H22ClN3O/c1-5-22(6-2)18(23)16-11-14(7-8-20-16)21-17-13(4)9-12(3)10-15(17)19/h7-11H,5-6H2,1-4H3,(H,20,21). The number of aryl methyl sites for hydroxylation is 2. The van der Waals surface area contributed by atoms with Gasteiger partial charge in [-0.3, -0.25) is 9.78 Å². The highest BCUT2D eigenvalue weighted by Gasteiger charge is 2.14. The van der Waals surface area contributed by atoms with Crippen LogP contribution in [0, 0.1) is 13.8 Å². The summed E-state index contributed by atoms with van der Waals surface area (Å²) in [5.74, 6) is -0.0645. The normalized spacial score (nSPS) is 10.5. The first-order valence-corrected chi connectivity index (χ1v) is 8.13.